The van der Waals surface area contributed by atoms with Gasteiger partial charge in [0.05, 0.1) is 16.1 Å². The van der Waals surface area contributed by atoms with Gasteiger partial charge in [-0.2, -0.15) is 0 Å². The van der Waals surface area contributed by atoms with Crippen molar-refractivity contribution < 1.29 is 18.7 Å². The number of hydrogen-bond acceptors (Lipinski definition) is 3. The number of halogens is 3. The lowest BCUT2D eigenvalue weighted by Crippen LogP contribution is -2.16. The number of benzene rings is 2. The van der Waals surface area contributed by atoms with Crippen LogP contribution in [0.4, 0.5) is 8.78 Å². The zero-order valence-electron chi connectivity index (χ0n) is 10.7. The van der Waals surface area contributed by atoms with Gasteiger partial charge in [-0.05, 0) is 24.3 Å². The van der Waals surface area contributed by atoms with Gasteiger partial charge in [-0.1, -0.05) is 28.9 Å². The summed E-state index contributed by atoms with van der Waals surface area (Å²) < 4.78 is 32.4. The van der Waals surface area contributed by atoms with Gasteiger partial charge in [0.25, 0.3) is 0 Å². The summed E-state index contributed by atoms with van der Waals surface area (Å²) in [5.41, 5.74) is 5.44. The van der Waals surface area contributed by atoms with E-state index in [9.17, 15) is 8.78 Å². The van der Waals surface area contributed by atoms with Crippen LogP contribution in [0, 0.1) is 11.6 Å². The predicted molar refractivity (Wildman–Crippen MR) is 74.7 cm³/mol. The second-order valence-electron chi connectivity index (χ2n) is 4.09. The number of nitrogens with zero attached hydrogens (tertiary/aromatic N) is 1. The molecule has 0 aliphatic rings. The molecule has 3 N–H and O–H groups in total. The standard InChI is InChI=1S/C14H11ClF2N2O2/c15-9-3-1-6-12(13(9)14(18)19-20)21-7-8-10(16)4-2-5-11(8)17/h1-6,20H,7H2,(H2,18,19). The van der Waals surface area contributed by atoms with E-state index in [0.29, 0.717) is 0 Å². The normalized spacial score (nSPS) is 11.5. The Morgan fingerprint density at radius 2 is 1.81 bits per heavy atom. The molecule has 2 aromatic rings. The van der Waals surface area contributed by atoms with E-state index in [1.54, 1.807) is 6.07 Å². The number of ether oxygens (including phenoxy) is 1. The minimum absolute atomic E-state index is 0.151. The van der Waals surface area contributed by atoms with Crippen molar-refractivity contribution in [2.24, 2.45) is 10.9 Å². The molecule has 0 unspecified atom stereocenters. The van der Waals surface area contributed by atoms with E-state index in [-0.39, 0.29) is 34.3 Å². The highest BCUT2D eigenvalue weighted by atomic mass is 35.5. The molecule has 2 aromatic carbocycles. The van der Waals surface area contributed by atoms with E-state index in [1.165, 1.54) is 18.2 Å². The van der Waals surface area contributed by atoms with Gasteiger partial charge in [0.15, 0.2) is 5.84 Å². The topological polar surface area (TPSA) is 67.8 Å². The van der Waals surface area contributed by atoms with E-state index in [2.05, 4.69) is 5.16 Å². The first-order valence-electron chi connectivity index (χ1n) is 5.86. The maximum atomic E-state index is 13.5. The van der Waals surface area contributed by atoms with Gasteiger partial charge in [0.2, 0.25) is 0 Å². The molecule has 0 bridgehead atoms. The van der Waals surface area contributed by atoms with Gasteiger partial charge < -0.3 is 15.7 Å². The van der Waals surface area contributed by atoms with Crippen molar-refractivity contribution >= 4 is 17.4 Å². The first kappa shape index (κ1) is 15.1. The zero-order chi connectivity index (χ0) is 15.4. The van der Waals surface area contributed by atoms with Crippen molar-refractivity contribution in [2.75, 3.05) is 0 Å². The van der Waals surface area contributed by atoms with Gasteiger partial charge in [-0.3, -0.25) is 0 Å². The fourth-order valence-electron chi connectivity index (χ4n) is 1.74. The fraction of sp³-hybridized carbons (Fsp3) is 0.0714. The van der Waals surface area contributed by atoms with E-state index < -0.39 is 11.6 Å². The lowest BCUT2D eigenvalue weighted by atomic mass is 10.1. The first-order chi connectivity index (χ1) is 10.0. The Bertz CT molecular complexity index is 672. The van der Waals surface area contributed by atoms with E-state index >= 15 is 0 Å². The SMILES string of the molecule is N/C(=N/O)c1c(Cl)cccc1OCc1c(F)cccc1F. The highest BCUT2D eigenvalue weighted by molar-refractivity contribution is 6.34. The van der Waals surface area contributed by atoms with Gasteiger partial charge in [-0.25, -0.2) is 8.78 Å². The Morgan fingerprint density at radius 3 is 2.43 bits per heavy atom. The lowest BCUT2D eigenvalue weighted by Gasteiger charge is -2.12. The summed E-state index contributed by atoms with van der Waals surface area (Å²) in [5, 5.41) is 11.8. The van der Waals surface area contributed by atoms with Crippen LogP contribution in [0.3, 0.4) is 0 Å². The van der Waals surface area contributed by atoms with Crippen molar-refractivity contribution in [2.45, 2.75) is 6.61 Å². The molecule has 2 rings (SSSR count). The molecule has 0 aliphatic heterocycles. The summed E-state index contributed by atoms with van der Waals surface area (Å²) in [6.45, 7) is -0.357. The average molecular weight is 313 g/mol. The highest BCUT2D eigenvalue weighted by Crippen LogP contribution is 2.27. The second-order valence-corrected chi connectivity index (χ2v) is 4.49. The smallest absolute Gasteiger partial charge is 0.175 e. The minimum Gasteiger partial charge on any atom is -0.488 e. The zero-order valence-corrected chi connectivity index (χ0v) is 11.4. The second kappa shape index (κ2) is 6.41. The maximum Gasteiger partial charge on any atom is 0.175 e. The van der Waals surface area contributed by atoms with Crippen molar-refractivity contribution in [3.05, 3.63) is 64.2 Å². The van der Waals surface area contributed by atoms with Gasteiger partial charge in [0.1, 0.15) is 24.0 Å². The van der Waals surface area contributed by atoms with Crippen LogP contribution in [0.2, 0.25) is 5.02 Å². The third-order valence-corrected chi connectivity index (χ3v) is 3.09. The fourth-order valence-corrected chi connectivity index (χ4v) is 2.01. The third kappa shape index (κ3) is 3.22. The molecule has 0 saturated carbocycles. The van der Waals surface area contributed by atoms with Crippen molar-refractivity contribution in [3.8, 4) is 5.75 Å². The summed E-state index contributed by atoms with van der Waals surface area (Å²) in [4.78, 5) is 0. The Hall–Kier alpha value is -2.34. The van der Waals surface area contributed by atoms with Crippen LogP contribution in [0.15, 0.2) is 41.6 Å². The van der Waals surface area contributed by atoms with Gasteiger partial charge >= 0.3 is 0 Å². The summed E-state index contributed by atoms with van der Waals surface area (Å²) in [5.74, 6) is -1.55. The van der Waals surface area contributed by atoms with Gasteiger partial charge in [-0.15, -0.1) is 0 Å². The molecule has 4 nitrogen and oxygen atoms in total. The Balaban J connectivity index is 2.31. The average Bonchev–Trinajstić information content (AvgIpc) is 2.46. The van der Waals surface area contributed by atoms with Crippen LogP contribution in [0.25, 0.3) is 0 Å². The highest BCUT2D eigenvalue weighted by Gasteiger charge is 2.15. The monoisotopic (exact) mass is 312 g/mol. The number of hydrogen-bond donors (Lipinski definition) is 2. The Labute approximate surface area is 124 Å². The molecule has 110 valence electrons. The number of rotatable bonds is 4. The number of nitrogens with two attached hydrogens (primary N) is 1. The maximum absolute atomic E-state index is 13.5. The van der Waals surface area contributed by atoms with E-state index in [0.717, 1.165) is 12.1 Å². The van der Waals surface area contributed by atoms with Crippen molar-refractivity contribution in [1.29, 1.82) is 0 Å². The summed E-state index contributed by atoms with van der Waals surface area (Å²) in [7, 11) is 0. The molecule has 0 aromatic heterocycles. The Kier molecular flexibility index (Phi) is 4.59. The molecule has 0 radical (unpaired) electrons. The molecule has 0 spiro atoms. The number of amidine groups is 1. The first-order valence-corrected chi connectivity index (χ1v) is 6.24. The lowest BCUT2D eigenvalue weighted by molar-refractivity contribution is 0.291. The molecule has 7 heteroatoms. The summed E-state index contributed by atoms with van der Waals surface area (Å²) in [6.07, 6.45) is 0. The van der Waals surface area contributed by atoms with Crippen molar-refractivity contribution in [3.63, 3.8) is 0 Å². The van der Waals surface area contributed by atoms with Crippen LogP contribution < -0.4 is 10.5 Å². The molecule has 0 amide bonds. The van der Waals surface area contributed by atoms with Crippen molar-refractivity contribution in [1.82, 2.24) is 0 Å². The minimum atomic E-state index is -0.720. The molecule has 0 saturated heterocycles. The molecule has 21 heavy (non-hydrogen) atoms. The largest absolute Gasteiger partial charge is 0.488 e. The molecular formula is C14H11ClF2N2O2. The third-order valence-electron chi connectivity index (χ3n) is 2.77. The predicted octanol–water partition coefficient (Wildman–Crippen LogP) is 3.29. The molecule has 0 aliphatic carbocycles. The van der Waals surface area contributed by atoms with Crippen LogP contribution in [0.5, 0.6) is 5.75 Å². The summed E-state index contributed by atoms with van der Waals surface area (Å²) in [6, 6.07) is 8.11. The Morgan fingerprint density at radius 1 is 1.19 bits per heavy atom. The van der Waals surface area contributed by atoms with E-state index in [4.69, 9.17) is 27.3 Å². The van der Waals surface area contributed by atoms with Gasteiger partial charge in [0, 0.05) is 0 Å². The van der Waals surface area contributed by atoms with E-state index in [1.807, 2.05) is 0 Å². The number of oxime groups is 1. The van der Waals surface area contributed by atoms with Crippen LogP contribution in [-0.2, 0) is 6.61 Å². The van der Waals surface area contributed by atoms with Crippen LogP contribution in [0.1, 0.15) is 11.1 Å². The molecular weight excluding hydrogens is 302 g/mol. The summed E-state index contributed by atoms with van der Waals surface area (Å²) >= 11 is 5.95. The molecule has 0 fully saturated rings. The molecule has 0 heterocycles. The van der Waals surface area contributed by atoms with Crippen LogP contribution in [-0.4, -0.2) is 11.0 Å². The molecule has 0 atom stereocenters. The van der Waals surface area contributed by atoms with Crippen LogP contribution >= 0.6 is 11.6 Å². The quantitative estimate of drug-likeness (QED) is 0.394.